The second-order valence-electron chi connectivity index (χ2n) is 5.07. The van der Waals surface area contributed by atoms with Crippen LogP contribution in [0.5, 0.6) is 0 Å². The first-order chi connectivity index (χ1) is 9.54. The number of H-pyrrole nitrogens is 1. The van der Waals surface area contributed by atoms with E-state index in [0.29, 0.717) is 12.1 Å². The second kappa shape index (κ2) is 5.94. The monoisotopic (exact) mass is 279 g/mol. The summed E-state index contributed by atoms with van der Waals surface area (Å²) in [6.45, 7) is 3.56. The third-order valence-corrected chi connectivity index (χ3v) is 3.62. The number of nitrogens with zero attached hydrogens (tertiary/aromatic N) is 3. The summed E-state index contributed by atoms with van der Waals surface area (Å²) < 4.78 is 0. The zero-order valence-corrected chi connectivity index (χ0v) is 12.0. The zero-order valence-electron chi connectivity index (χ0n) is 12.0. The Bertz CT molecular complexity index is 505. The molecular weight excluding hydrogens is 258 g/mol. The van der Waals surface area contributed by atoms with Crippen LogP contribution in [0.1, 0.15) is 35.9 Å². The lowest BCUT2D eigenvalue weighted by molar-refractivity contribution is -0.130. The Kier molecular flexibility index (Phi) is 4.26. The summed E-state index contributed by atoms with van der Waals surface area (Å²) >= 11 is 0. The molecule has 7 heteroatoms. The summed E-state index contributed by atoms with van der Waals surface area (Å²) in [5.74, 6) is -0.353. The third-order valence-electron chi connectivity index (χ3n) is 3.62. The van der Waals surface area contributed by atoms with E-state index in [4.69, 9.17) is 5.73 Å². The number of aromatic nitrogens is 2. The lowest BCUT2D eigenvalue weighted by Crippen LogP contribution is -2.40. The molecule has 2 rings (SSSR count). The molecule has 1 aliphatic heterocycles. The van der Waals surface area contributed by atoms with Crippen molar-refractivity contribution in [3.63, 3.8) is 0 Å². The minimum absolute atomic E-state index is 0.0248. The lowest BCUT2D eigenvalue weighted by atomic mass is 10.2. The molecule has 20 heavy (non-hydrogen) atoms. The van der Waals surface area contributed by atoms with Gasteiger partial charge in [-0.15, -0.1) is 0 Å². The molecule has 110 valence electrons. The van der Waals surface area contributed by atoms with E-state index in [-0.39, 0.29) is 24.1 Å². The van der Waals surface area contributed by atoms with Crippen LogP contribution in [0.4, 0.5) is 5.69 Å². The molecule has 7 nitrogen and oxygen atoms in total. The molecule has 0 saturated carbocycles. The van der Waals surface area contributed by atoms with Crippen LogP contribution in [0.25, 0.3) is 0 Å². The first kappa shape index (κ1) is 14.4. The molecule has 1 fully saturated rings. The van der Waals surface area contributed by atoms with Crippen molar-refractivity contribution in [2.24, 2.45) is 0 Å². The van der Waals surface area contributed by atoms with E-state index in [9.17, 15) is 9.59 Å². The van der Waals surface area contributed by atoms with E-state index in [1.54, 1.807) is 11.9 Å². The van der Waals surface area contributed by atoms with Crippen molar-refractivity contribution in [3.05, 3.63) is 11.4 Å². The number of amides is 2. The topological polar surface area (TPSA) is 95.3 Å². The Morgan fingerprint density at radius 3 is 2.60 bits per heavy atom. The van der Waals surface area contributed by atoms with Gasteiger partial charge in [-0.1, -0.05) is 6.92 Å². The number of rotatable bonds is 4. The molecule has 0 radical (unpaired) electrons. The predicted molar refractivity (Wildman–Crippen MR) is 75.2 cm³/mol. The second-order valence-corrected chi connectivity index (χ2v) is 5.07. The maximum Gasteiger partial charge on any atom is 0.276 e. The number of hydrogen-bond acceptors (Lipinski definition) is 4. The number of aromatic amines is 1. The zero-order chi connectivity index (χ0) is 14.7. The maximum atomic E-state index is 12.2. The number of nitrogens with one attached hydrogen (secondary N) is 1. The van der Waals surface area contributed by atoms with Crippen LogP contribution in [-0.2, 0) is 11.2 Å². The highest BCUT2D eigenvalue weighted by atomic mass is 16.2. The van der Waals surface area contributed by atoms with Crippen LogP contribution >= 0.6 is 0 Å². The standard InChI is InChI=1S/C13H21N5O2/c1-3-9-11(14)12(16-15-9)13(20)17(2)8-10(19)18-6-4-5-7-18/h3-8,14H2,1-2H3,(H,15,16). The van der Waals surface area contributed by atoms with E-state index in [1.807, 2.05) is 6.92 Å². The quantitative estimate of drug-likeness (QED) is 0.825. The van der Waals surface area contributed by atoms with Crippen molar-refractivity contribution in [1.82, 2.24) is 20.0 Å². The van der Waals surface area contributed by atoms with E-state index in [0.717, 1.165) is 31.6 Å². The highest BCUT2D eigenvalue weighted by Gasteiger charge is 2.24. The Labute approximate surface area is 118 Å². The summed E-state index contributed by atoms with van der Waals surface area (Å²) in [5, 5.41) is 6.70. The normalized spacial score (nSPS) is 14.6. The first-order valence-corrected chi connectivity index (χ1v) is 6.90. The molecule has 1 aliphatic rings. The predicted octanol–water partition coefficient (Wildman–Crippen LogP) is 0.249. The molecule has 0 aliphatic carbocycles. The first-order valence-electron chi connectivity index (χ1n) is 6.90. The number of carbonyl (C=O) groups is 2. The molecular formula is C13H21N5O2. The molecule has 3 N–H and O–H groups in total. The van der Waals surface area contributed by atoms with Crippen LogP contribution in [0.2, 0.25) is 0 Å². The van der Waals surface area contributed by atoms with Gasteiger partial charge in [-0.2, -0.15) is 5.10 Å². The van der Waals surface area contributed by atoms with Crippen LogP contribution in [0, 0.1) is 0 Å². The summed E-state index contributed by atoms with van der Waals surface area (Å²) in [6.07, 6.45) is 2.76. The fourth-order valence-electron chi connectivity index (χ4n) is 2.34. The summed E-state index contributed by atoms with van der Waals surface area (Å²) in [4.78, 5) is 27.4. The van der Waals surface area contributed by atoms with Gasteiger partial charge in [-0.3, -0.25) is 14.7 Å². The average Bonchev–Trinajstić information content (AvgIpc) is 3.07. The summed E-state index contributed by atoms with van der Waals surface area (Å²) in [5.41, 5.74) is 7.18. The molecule has 2 heterocycles. The van der Waals surface area contributed by atoms with E-state index < -0.39 is 0 Å². The van der Waals surface area contributed by atoms with Crippen molar-refractivity contribution in [1.29, 1.82) is 0 Å². The van der Waals surface area contributed by atoms with Gasteiger partial charge in [0.1, 0.15) is 0 Å². The molecule has 0 aromatic carbocycles. The molecule has 0 atom stereocenters. The number of likely N-dealkylation sites (N-methyl/N-ethyl adjacent to an activating group) is 1. The van der Waals surface area contributed by atoms with Crippen LogP contribution in [0.3, 0.4) is 0 Å². The fraction of sp³-hybridized carbons (Fsp3) is 0.615. The number of nitrogens with two attached hydrogens (primary N) is 1. The van der Waals surface area contributed by atoms with Gasteiger partial charge in [0, 0.05) is 20.1 Å². The third kappa shape index (κ3) is 2.76. The summed E-state index contributed by atoms with van der Waals surface area (Å²) in [6, 6.07) is 0. The van der Waals surface area contributed by atoms with Gasteiger partial charge in [0.05, 0.1) is 17.9 Å². The van der Waals surface area contributed by atoms with Crippen molar-refractivity contribution < 1.29 is 9.59 Å². The number of aryl methyl sites for hydroxylation is 1. The van der Waals surface area contributed by atoms with Crippen molar-refractivity contribution in [3.8, 4) is 0 Å². The SMILES string of the molecule is CCc1[nH]nc(C(=O)N(C)CC(=O)N2CCCC2)c1N. The molecule has 0 spiro atoms. The van der Waals surface area contributed by atoms with E-state index in [2.05, 4.69) is 10.2 Å². The summed E-state index contributed by atoms with van der Waals surface area (Å²) in [7, 11) is 1.59. The average molecular weight is 279 g/mol. The van der Waals surface area contributed by atoms with Crippen LogP contribution in [-0.4, -0.2) is 58.5 Å². The Morgan fingerprint density at radius 2 is 2.05 bits per heavy atom. The number of hydrogen-bond donors (Lipinski definition) is 2. The number of nitrogen functional groups attached to an aromatic ring is 1. The molecule has 1 aromatic heterocycles. The highest BCUT2D eigenvalue weighted by molar-refractivity contribution is 5.99. The van der Waals surface area contributed by atoms with Gasteiger partial charge in [0.15, 0.2) is 5.69 Å². The van der Waals surface area contributed by atoms with Gasteiger partial charge in [-0.05, 0) is 19.3 Å². The fourth-order valence-corrected chi connectivity index (χ4v) is 2.34. The smallest absolute Gasteiger partial charge is 0.276 e. The molecule has 0 unspecified atom stereocenters. The van der Waals surface area contributed by atoms with Crippen molar-refractivity contribution in [2.75, 3.05) is 32.4 Å². The minimum Gasteiger partial charge on any atom is -0.395 e. The Morgan fingerprint density at radius 1 is 1.40 bits per heavy atom. The molecule has 0 bridgehead atoms. The number of likely N-dealkylation sites (tertiary alicyclic amines) is 1. The lowest BCUT2D eigenvalue weighted by Gasteiger charge is -2.20. The Hall–Kier alpha value is -2.05. The Balaban J connectivity index is 2.00. The molecule has 1 saturated heterocycles. The van der Waals surface area contributed by atoms with Crippen LogP contribution in [0.15, 0.2) is 0 Å². The van der Waals surface area contributed by atoms with E-state index >= 15 is 0 Å². The van der Waals surface area contributed by atoms with Crippen LogP contribution < -0.4 is 5.73 Å². The highest BCUT2D eigenvalue weighted by Crippen LogP contribution is 2.16. The van der Waals surface area contributed by atoms with Gasteiger partial charge >= 0.3 is 0 Å². The molecule has 1 aromatic rings. The van der Waals surface area contributed by atoms with Gasteiger partial charge in [0.2, 0.25) is 5.91 Å². The van der Waals surface area contributed by atoms with Crippen molar-refractivity contribution >= 4 is 17.5 Å². The van der Waals surface area contributed by atoms with Gasteiger partial charge < -0.3 is 15.5 Å². The van der Waals surface area contributed by atoms with Gasteiger partial charge in [0.25, 0.3) is 5.91 Å². The molecule has 2 amide bonds. The number of anilines is 1. The maximum absolute atomic E-state index is 12.2. The minimum atomic E-state index is -0.328. The van der Waals surface area contributed by atoms with Gasteiger partial charge in [-0.25, -0.2) is 0 Å². The van der Waals surface area contributed by atoms with Crippen molar-refractivity contribution in [2.45, 2.75) is 26.2 Å². The number of carbonyl (C=O) groups excluding carboxylic acids is 2. The largest absolute Gasteiger partial charge is 0.395 e. The van der Waals surface area contributed by atoms with E-state index in [1.165, 1.54) is 4.90 Å².